The first-order valence-electron chi connectivity index (χ1n) is 6.54. The van der Waals surface area contributed by atoms with Crippen molar-refractivity contribution in [2.75, 3.05) is 12.8 Å². The lowest BCUT2D eigenvalue weighted by Gasteiger charge is -2.10. The van der Waals surface area contributed by atoms with Crippen LogP contribution in [0.2, 0.25) is 0 Å². The molecule has 0 bridgehead atoms. The Morgan fingerprint density at radius 2 is 2.00 bits per heavy atom. The summed E-state index contributed by atoms with van der Waals surface area (Å²) in [5.74, 6) is 0.317. The van der Waals surface area contributed by atoms with Gasteiger partial charge in [0.1, 0.15) is 5.75 Å². The van der Waals surface area contributed by atoms with E-state index in [4.69, 9.17) is 15.6 Å². The number of aliphatic hydroxyl groups excluding tert-OH is 1. The fraction of sp³-hybridized carbons (Fsp3) is 0.188. The molecule has 5 nitrogen and oxygen atoms in total. The number of nitrogen functional groups attached to an aromatic ring is 1. The van der Waals surface area contributed by atoms with Gasteiger partial charge in [0.2, 0.25) is 0 Å². The van der Waals surface area contributed by atoms with E-state index in [2.05, 4.69) is 5.32 Å². The number of rotatable bonds is 5. The van der Waals surface area contributed by atoms with E-state index >= 15 is 0 Å². The molecule has 0 radical (unpaired) electrons. The second kappa shape index (κ2) is 6.76. The highest BCUT2D eigenvalue weighted by Gasteiger charge is 2.10. The van der Waals surface area contributed by atoms with E-state index in [9.17, 15) is 4.79 Å². The van der Waals surface area contributed by atoms with Gasteiger partial charge >= 0.3 is 0 Å². The molecule has 0 aliphatic carbocycles. The lowest BCUT2D eigenvalue weighted by molar-refractivity contribution is 0.0951. The zero-order valence-electron chi connectivity index (χ0n) is 11.8. The first kappa shape index (κ1) is 14.9. The second-order valence-electron chi connectivity index (χ2n) is 4.61. The molecule has 21 heavy (non-hydrogen) atoms. The van der Waals surface area contributed by atoms with Gasteiger partial charge in [-0.1, -0.05) is 24.3 Å². The van der Waals surface area contributed by atoms with Gasteiger partial charge in [0, 0.05) is 12.2 Å². The molecule has 0 heterocycles. The summed E-state index contributed by atoms with van der Waals surface area (Å²) in [6.07, 6.45) is 0. The number of amides is 1. The third kappa shape index (κ3) is 3.73. The highest BCUT2D eigenvalue weighted by Crippen LogP contribution is 2.19. The van der Waals surface area contributed by atoms with Crippen molar-refractivity contribution in [2.24, 2.45) is 0 Å². The van der Waals surface area contributed by atoms with Crippen LogP contribution in [0.3, 0.4) is 0 Å². The van der Waals surface area contributed by atoms with Crippen molar-refractivity contribution in [2.45, 2.75) is 13.2 Å². The zero-order valence-corrected chi connectivity index (χ0v) is 11.8. The van der Waals surface area contributed by atoms with Gasteiger partial charge in [0.25, 0.3) is 5.91 Å². The number of nitrogens with two attached hydrogens (primary N) is 1. The SMILES string of the molecule is COc1ccc(N)c(C(=O)NCc2cccc(CO)c2)c1. The molecule has 0 aliphatic rings. The van der Waals surface area contributed by atoms with E-state index in [1.165, 1.54) is 7.11 Å². The number of carbonyl (C=O) groups excluding carboxylic acids is 1. The van der Waals surface area contributed by atoms with Gasteiger partial charge in [-0.05, 0) is 29.3 Å². The van der Waals surface area contributed by atoms with Gasteiger partial charge in [-0.15, -0.1) is 0 Å². The first-order chi connectivity index (χ1) is 10.1. The van der Waals surface area contributed by atoms with Gasteiger partial charge in [-0.25, -0.2) is 0 Å². The van der Waals surface area contributed by atoms with Crippen LogP contribution in [-0.2, 0) is 13.2 Å². The minimum atomic E-state index is -0.263. The van der Waals surface area contributed by atoms with Crippen molar-refractivity contribution < 1.29 is 14.6 Å². The molecule has 2 aromatic carbocycles. The Morgan fingerprint density at radius 3 is 2.71 bits per heavy atom. The number of methoxy groups -OCH3 is 1. The van der Waals surface area contributed by atoms with Crippen LogP contribution >= 0.6 is 0 Å². The molecule has 0 aliphatic heterocycles. The average Bonchev–Trinajstić information content (AvgIpc) is 2.53. The molecule has 0 aromatic heterocycles. The second-order valence-corrected chi connectivity index (χ2v) is 4.61. The van der Waals surface area contributed by atoms with Crippen molar-refractivity contribution in [1.29, 1.82) is 0 Å². The molecule has 5 heteroatoms. The molecular weight excluding hydrogens is 268 g/mol. The van der Waals surface area contributed by atoms with Gasteiger partial charge in [0.15, 0.2) is 0 Å². The zero-order chi connectivity index (χ0) is 15.2. The van der Waals surface area contributed by atoms with Crippen molar-refractivity contribution >= 4 is 11.6 Å². The smallest absolute Gasteiger partial charge is 0.253 e. The van der Waals surface area contributed by atoms with Crippen molar-refractivity contribution in [3.05, 3.63) is 59.2 Å². The minimum absolute atomic E-state index is 0.0232. The summed E-state index contributed by atoms with van der Waals surface area (Å²) < 4.78 is 5.09. The lowest BCUT2D eigenvalue weighted by atomic mass is 10.1. The lowest BCUT2D eigenvalue weighted by Crippen LogP contribution is -2.23. The Hall–Kier alpha value is -2.53. The van der Waals surface area contributed by atoms with Crippen LogP contribution in [0.25, 0.3) is 0 Å². The molecule has 4 N–H and O–H groups in total. The Labute approximate surface area is 123 Å². The summed E-state index contributed by atoms with van der Waals surface area (Å²) in [5, 5.41) is 11.9. The fourth-order valence-corrected chi connectivity index (χ4v) is 1.97. The highest BCUT2D eigenvalue weighted by atomic mass is 16.5. The summed E-state index contributed by atoms with van der Waals surface area (Å²) in [6, 6.07) is 12.3. The molecule has 0 saturated carbocycles. The Kier molecular flexibility index (Phi) is 4.79. The molecule has 110 valence electrons. The number of hydrogen-bond donors (Lipinski definition) is 3. The molecule has 2 aromatic rings. The number of aliphatic hydroxyl groups is 1. The van der Waals surface area contributed by atoms with Crippen LogP contribution < -0.4 is 15.8 Å². The molecule has 0 fully saturated rings. The third-order valence-corrected chi connectivity index (χ3v) is 3.13. The van der Waals surface area contributed by atoms with Crippen LogP contribution in [0.5, 0.6) is 5.75 Å². The van der Waals surface area contributed by atoms with E-state index in [-0.39, 0.29) is 12.5 Å². The standard InChI is InChI=1S/C16H18N2O3/c1-21-13-5-6-15(17)14(8-13)16(20)18-9-11-3-2-4-12(7-11)10-19/h2-8,19H,9-10,17H2,1H3,(H,18,20). The predicted octanol–water partition coefficient (Wildman–Crippen LogP) is 1.70. The summed E-state index contributed by atoms with van der Waals surface area (Å²) in [6.45, 7) is 0.341. The fourth-order valence-electron chi connectivity index (χ4n) is 1.97. The number of carbonyl (C=O) groups is 1. The predicted molar refractivity (Wildman–Crippen MR) is 80.9 cm³/mol. The van der Waals surface area contributed by atoms with Gasteiger partial charge < -0.3 is 20.9 Å². The number of anilines is 1. The Balaban J connectivity index is 2.07. The molecule has 0 atom stereocenters. The highest BCUT2D eigenvalue weighted by molar-refractivity contribution is 5.99. The van der Waals surface area contributed by atoms with Gasteiger partial charge in [0.05, 0.1) is 19.3 Å². The van der Waals surface area contributed by atoms with Crippen molar-refractivity contribution in [1.82, 2.24) is 5.32 Å². The van der Waals surface area contributed by atoms with Crippen LogP contribution in [-0.4, -0.2) is 18.1 Å². The number of nitrogens with one attached hydrogen (secondary N) is 1. The molecule has 0 saturated heterocycles. The largest absolute Gasteiger partial charge is 0.497 e. The van der Waals surface area contributed by atoms with Crippen LogP contribution in [0.15, 0.2) is 42.5 Å². The summed E-state index contributed by atoms with van der Waals surface area (Å²) in [7, 11) is 1.54. The maximum Gasteiger partial charge on any atom is 0.253 e. The van der Waals surface area contributed by atoms with E-state index < -0.39 is 0 Å². The minimum Gasteiger partial charge on any atom is -0.497 e. The quantitative estimate of drug-likeness (QED) is 0.730. The Bertz CT molecular complexity index is 641. The average molecular weight is 286 g/mol. The van der Waals surface area contributed by atoms with Gasteiger partial charge in [-0.2, -0.15) is 0 Å². The topological polar surface area (TPSA) is 84.6 Å². The van der Waals surface area contributed by atoms with Crippen LogP contribution in [0, 0.1) is 0 Å². The van der Waals surface area contributed by atoms with Crippen molar-refractivity contribution in [3.63, 3.8) is 0 Å². The van der Waals surface area contributed by atoms with Crippen LogP contribution in [0.1, 0.15) is 21.5 Å². The van der Waals surface area contributed by atoms with E-state index in [1.807, 2.05) is 24.3 Å². The summed E-state index contributed by atoms with van der Waals surface area (Å²) in [5.41, 5.74) is 8.31. The normalized spacial score (nSPS) is 10.2. The summed E-state index contributed by atoms with van der Waals surface area (Å²) in [4.78, 5) is 12.2. The third-order valence-electron chi connectivity index (χ3n) is 3.13. The first-order valence-corrected chi connectivity index (χ1v) is 6.54. The molecule has 0 spiro atoms. The Morgan fingerprint density at radius 1 is 1.24 bits per heavy atom. The molecular formula is C16H18N2O3. The van der Waals surface area contributed by atoms with Crippen molar-refractivity contribution in [3.8, 4) is 5.75 Å². The molecule has 2 rings (SSSR count). The summed E-state index contributed by atoms with van der Waals surface area (Å²) >= 11 is 0. The molecule has 1 amide bonds. The van der Waals surface area contributed by atoms with E-state index in [1.54, 1.807) is 18.2 Å². The number of benzene rings is 2. The van der Waals surface area contributed by atoms with Gasteiger partial charge in [-0.3, -0.25) is 4.79 Å². The molecule has 0 unspecified atom stereocenters. The maximum atomic E-state index is 12.2. The van der Waals surface area contributed by atoms with E-state index in [0.717, 1.165) is 11.1 Å². The number of hydrogen-bond acceptors (Lipinski definition) is 4. The maximum absolute atomic E-state index is 12.2. The number of ether oxygens (including phenoxy) is 1. The van der Waals surface area contributed by atoms with Crippen LogP contribution in [0.4, 0.5) is 5.69 Å². The van der Waals surface area contributed by atoms with E-state index in [0.29, 0.717) is 23.5 Å². The monoisotopic (exact) mass is 286 g/mol.